The lowest BCUT2D eigenvalue weighted by atomic mass is 10.0. The molecule has 276 valence electrons. The summed E-state index contributed by atoms with van der Waals surface area (Å²) in [5, 5.41) is 9.08. The summed E-state index contributed by atoms with van der Waals surface area (Å²) in [6, 6.07) is 25.6. The summed E-state index contributed by atoms with van der Waals surface area (Å²) in [5.41, 5.74) is 6.48. The number of imidazole rings is 1. The fourth-order valence-corrected chi connectivity index (χ4v) is 9.53. The molecule has 10 nitrogen and oxygen atoms in total. The SMILES string of the molecule is CC(C)(C)OC(=O)N1CCCC1C1N=C(c2ccc3c(c2)OC(c2cc4ccccc4s2)n2c-3cc3cc(-c4cnc(C5CC(F)CN5)[nH]4)ccc32)CN1. The van der Waals surface area contributed by atoms with E-state index < -0.39 is 11.8 Å². The van der Waals surface area contributed by atoms with Crippen molar-refractivity contribution in [3.8, 4) is 28.3 Å². The molecule has 0 saturated carbocycles. The number of aliphatic imine (C=N–C) groups is 1. The van der Waals surface area contributed by atoms with Gasteiger partial charge in [0.2, 0.25) is 6.23 Å². The Bertz CT molecular complexity index is 2430. The van der Waals surface area contributed by atoms with Crippen LogP contribution in [-0.2, 0) is 4.74 Å². The zero-order chi connectivity index (χ0) is 36.7. The Morgan fingerprint density at radius 1 is 1.02 bits per heavy atom. The molecule has 0 spiro atoms. The van der Waals surface area contributed by atoms with Crippen LogP contribution in [-0.4, -0.2) is 74.9 Å². The number of nitrogens with one attached hydrogen (secondary N) is 3. The van der Waals surface area contributed by atoms with Crippen molar-refractivity contribution in [1.82, 2.24) is 30.1 Å². The maximum absolute atomic E-state index is 13.9. The number of rotatable bonds is 5. The van der Waals surface area contributed by atoms with Crippen LogP contribution in [0.4, 0.5) is 9.18 Å². The maximum Gasteiger partial charge on any atom is 0.410 e. The molecule has 6 aromatic rings. The predicted octanol–water partition coefficient (Wildman–Crippen LogP) is 8.34. The van der Waals surface area contributed by atoms with Crippen LogP contribution in [0.3, 0.4) is 0 Å². The summed E-state index contributed by atoms with van der Waals surface area (Å²) >= 11 is 1.75. The molecule has 4 aliphatic heterocycles. The monoisotopic (exact) mass is 743 g/mol. The van der Waals surface area contributed by atoms with Crippen LogP contribution in [0.15, 0.2) is 84.0 Å². The molecule has 7 heterocycles. The van der Waals surface area contributed by atoms with Gasteiger partial charge in [0.15, 0.2) is 0 Å². The van der Waals surface area contributed by atoms with E-state index in [1.807, 2.05) is 31.9 Å². The molecule has 0 radical (unpaired) electrons. The number of carbonyl (C=O) groups excluding carboxylic acids is 1. The van der Waals surface area contributed by atoms with E-state index in [-0.39, 0.29) is 30.6 Å². The van der Waals surface area contributed by atoms with Gasteiger partial charge >= 0.3 is 6.09 Å². The Morgan fingerprint density at radius 3 is 2.72 bits per heavy atom. The molecule has 0 aliphatic carbocycles. The summed E-state index contributed by atoms with van der Waals surface area (Å²) < 4.78 is 30.2. The van der Waals surface area contributed by atoms with Crippen molar-refractivity contribution < 1.29 is 18.7 Å². The Morgan fingerprint density at radius 2 is 1.89 bits per heavy atom. The van der Waals surface area contributed by atoms with E-state index in [1.54, 1.807) is 11.3 Å². The van der Waals surface area contributed by atoms with Crippen molar-refractivity contribution in [2.24, 2.45) is 4.99 Å². The average Bonchev–Trinajstić information content (AvgIpc) is 4.00. The highest BCUT2D eigenvalue weighted by molar-refractivity contribution is 7.19. The zero-order valence-corrected chi connectivity index (χ0v) is 31.3. The fourth-order valence-electron chi connectivity index (χ4n) is 8.45. The molecule has 2 fully saturated rings. The lowest BCUT2D eigenvalue weighted by Crippen LogP contribution is -2.48. The summed E-state index contributed by atoms with van der Waals surface area (Å²) in [6.45, 7) is 7.33. The predicted molar refractivity (Wildman–Crippen MR) is 210 cm³/mol. The van der Waals surface area contributed by atoms with Gasteiger partial charge in [0, 0.05) is 52.8 Å². The molecule has 12 heteroatoms. The lowest BCUT2D eigenvalue weighted by molar-refractivity contribution is 0.0202. The van der Waals surface area contributed by atoms with Crippen LogP contribution >= 0.6 is 11.3 Å². The number of fused-ring (bicyclic) bond motifs is 6. The molecule has 54 heavy (non-hydrogen) atoms. The highest BCUT2D eigenvalue weighted by atomic mass is 32.1. The number of benzene rings is 3. The number of likely N-dealkylation sites (tertiary alicyclic amines) is 1. The number of halogens is 1. The average molecular weight is 744 g/mol. The Kier molecular flexibility index (Phi) is 7.94. The minimum absolute atomic E-state index is 0.0561. The number of carbonyl (C=O) groups is 1. The van der Waals surface area contributed by atoms with E-state index in [9.17, 15) is 9.18 Å². The van der Waals surface area contributed by atoms with Gasteiger partial charge in [-0.3, -0.25) is 14.9 Å². The Balaban J connectivity index is 1.01. The number of H-pyrrole nitrogens is 1. The molecule has 3 aromatic carbocycles. The normalized spacial score (nSPS) is 23.8. The molecule has 5 unspecified atom stereocenters. The van der Waals surface area contributed by atoms with E-state index in [4.69, 9.17) is 14.5 Å². The standard InChI is InChI=1S/C42H42FN7O3S/c1-42(2,3)53-41(51)49-14-6-8-33(49)39-46-22-31(48-39)24-10-12-28-34-16-26-15-23(30-21-45-38(47-30)29-19-27(43)20-44-29)11-13-32(26)50(34)40(52-35(28)17-24)37-18-25-7-4-5-9-36(25)54-37/h4-5,7,9-13,15-18,21,27,29,33,39-40,44,46H,6,8,14,19-20,22H2,1-3H3,(H,45,47). The zero-order valence-electron chi connectivity index (χ0n) is 30.4. The van der Waals surface area contributed by atoms with Crippen LogP contribution in [0.1, 0.15) is 68.6 Å². The first-order valence-corrected chi connectivity index (χ1v) is 19.6. The minimum atomic E-state index is -0.851. The van der Waals surface area contributed by atoms with Gasteiger partial charge in [-0.2, -0.15) is 0 Å². The summed E-state index contributed by atoms with van der Waals surface area (Å²) in [5.74, 6) is 1.57. The van der Waals surface area contributed by atoms with Gasteiger partial charge in [-0.15, -0.1) is 11.3 Å². The van der Waals surface area contributed by atoms with E-state index in [0.29, 0.717) is 26.1 Å². The van der Waals surface area contributed by atoms with Gasteiger partial charge in [0.25, 0.3) is 0 Å². The summed E-state index contributed by atoms with van der Waals surface area (Å²) in [4.78, 5) is 29.2. The number of amides is 1. The summed E-state index contributed by atoms with van der Waals surface area (Å²) in [6.07, 6.45) is 2.37. The van der Waals surface area contributed by atoms with Crippen molar-refractivity contribution in [3.05, 3.63) is 95.3 Å². The second kappa shape index (κ2) is 12.8. The van der Waals surface area contributed by atoms with Crippen LogP contribution in [0.2, 0.25) is 0 Å². The number of nitrogens with zero attached hydrogens (tertiary/aromatic N) is 4. The number of thiophene rings is 1. The number of alkyl halides is 1. The largest absolute Gasteiger partial charge is 0.464 e. The lowest BCUT2D eigenvalue weighted by Gasteiger charge is -2.30. The number of aromatic nitrogens is 3. The summed E-state index contributed by atoms with van der Waals surface area (Å²) in [7, 11) is 0. The van der Waals surface area contributed by atoms with E-state index in [1.165, 1.54) is 10.1 Å². The van der Waals surface area contributed by atoms with Crippen molar-refractivity contribution in [1.29, 1.82) is 0 Å². The molecule has 4 aliphatic rings. The highest BCUT2D eigenvalue weighted by Crippen LogP contribution is 2.47. The minimum Gasteiger partial charge on any atom is -0.464 e. The smallest absolute Gasteiger partial charge is 0.410 e. The fraction of sp³-hybridized carbons (Fsp3) is 0.357. The molecule has 5 atom stereocenters. The molecule has 3 aromatic heterocycles. The highest BCUT2D eigenvalue weighted by Gasteiger charge is 2.39. The van der Waals surface area contributed by atoms with Crippen molar-refractivity contribution >= 4 is 44.1 Å². The third kappa shape index (κ3) is 5.87. The third-order valence-corrected chi connectivity index (χ3v) is 12.1. The van der Waals surface area contributed by atoms with Gasteiger partial charge in [-0.05, 0) is 81.5 Å². The van der Waals surface area contributed by atoms with E-state index in [0.717, 1.165) is 74.0 Å². The molecule has 10 rings (SSSR count). The first-order chi connectivity index (χ1) is 26.1. The first kappa shape index (κ1) is 33.5. The van der Waals surface area contributed by atoms with Crippen LogP contribution in [0.5, 0.6) is 5.75 Å². The molecular weight excluding hydrogens is 702 g/mol. The molecule has 1 amide bonds. The Hall–Kier alpha value is -5.04. The van der Waals surface area contributed by atoms with Crippen molar-refractivity contribution in [3.63, 3.8) is 0 Å². The third-order valence-electron chi connectivity index (χ3n) is 11.0. The van der Waals surface area contributed by atoms with E-state index >= 15 is 0 Å². The van der Waals surface area contributed by atoms with Crippen LogP contribution in [0, 0.1) is 0 Å². The molecular formula is C42H42FN7O3S. The number of hydrogen-bond donors (Lipinski definition) is 3. The molecule has 3 N–H and O–H groups in total. The first-order valence-electron chi connectivity index (χ1n) is 18.8. The number of hydrogen-bond acceptors (Lipinski definition) is 8. The van der Waals surface area contributed by atoms with Gasteiger partial charge in [-0.1, -0.05) is 30.3 Å². The van der Waals surface area contributed by atoms with Gasteiger partial charge < -0.3 is 24.7 Å². The van der Waals surface area contributed by atoms with Gasteiger partial charge in [0.05, 0.1) is 45.8 Å². The topological polar surface area (TPSA) is 109 Å². The second-order valence-corrected chi connectivity index (χ2v) is 16.9. The van der Waals surface area contributed by atoms with Crippen molar-refractivity contribution in [2.45, 2.75) is 76.3 Å². The second-order valence-electron chi connectivity index (χ2n) is 15.8. The molecule has 0 bridgehead atoms. The van der Waals surface area contributed by atoms with Gasteiger partial charge in [-0.25, -0.2) is 14.2 Å². The van der Waals surface area contributed by atoms with Crippen LogP contribution < -0.4 is 15.4 Å². The quantitative estimate of drug-likeness (QED) is 0.164. The van der Waals surface area contributed by atoms with Gasteiger partial charge in [0.1, 0.15) is 29.5 Å². The maximum atomic E-state index is 13.9. The molecule has 2 saturated heterocycles. The number of aromatic amines is 1. The Labute approximate surface area is 316 Å². The number of ether oxygens (including phenoxy) is 2. The van der Waals surface area contributed by atoms with E-state index in [2.05, 4.69) is 98.0 Å². The van der Waals surface area contributed by atoms with Crippen LogP contribution in [0.25, 0.3) is 43.5 Å². The van der Waals surface area contributed by atoms with Crippen molar-refractivity contribution in [2.75, 3.05) is 19.6 Å².